The van der Waals surface area contributed by atoms with Crippen LogP contribution >= 0.6 is 24.4 Å². The predicted molar refractivity (Wildman–Crippen MR) is 120 cm³/mol. The highest BCUT2D eigenvalue weighted by Crippen LogP contribution is 2.30. The molecule has 0 bridgehead atoms. The summed E-state index contributed by atoms with van der Waals surface area (Å²) in [7, 11) is 0. The van der Waals surface area contributed by atoms with Crippen molar-refractivity contribution in [3.63, 3.8) is 0 Å². The minimum atomic E-state index is -5.04. The van der Waals surface area contributed by atoms with E-state index < -0.39 is 30.0 Å². The van der Waals surface area contributed by atoms with Crippen LogP contribution in [0.15, 0.2) is 42.0 Å². The van der Waals surface area contributed by atoms with Crippen molar-refractivity contribution in [2.75, 3.05) is 6.61 Å². The van der Waals surface area contributed by atoms with E-state index in [1.54, 1.807) is 25.1 Å². The molecule has 0 spiro atoms. The Morgan fingerprint density at radius 1 is 1.31 bits per heavy atom. The van der Waals surface area contributed by atoms with Crippen molar-refractivity contribution in [3.8, 4) is 5.75 Å². The van der Waals surface area contributed by atoms with Crippen LogP contribution in [0.1, 0.15) is 24.5 Å². The van der Waals surface area contributed by atoms with Gasteiger partial charge in [0.2, 0.25) is 0 Å². The van der Waals surface area contributed by atoms with E-state index in [2.05, 4.69) is 10.1 Å². The zero-order valence-electron chi connectivity index (χ0n) is 17.2. The number of rotatable bonds is 8. The lowest BCUT2D eigenvalue weighted by Gasteiger charge is -2.31. The van der Waals surface area contributed by atoms with Crippen molar-refractivity contribution >= 4 is 40.3 Å². The van der Waals surface area contributed by atoms with Crippen molar-refractivity contribution in [1.29, 1.82) is 0 Å². The summed E-state index contributed by atoms with van der Waals surface area (Å²) >= 11 is 10.0. The van der Waals surface area contributed by atoms with Crippen LogP contribution in [-0.4, -0.2) is 45.3 Å². The Morgan fingerprint density at radius 3 is 2.47 bits per heavy atom. The SMILES string of the molecule is Cc1ccc(C(N)=S)cc1OCC(C)(NC(=O)C1=CCC(O)(OC(F)(F)F)C=C1)C(N)=S. The molecule has 174 valence electrons. The maximum Gasteiger partial charge on any atom is 0.525 e. The van der Waals surface area contributed by atoms with Crippen molar-refractivity contribution in [3.05, 3.63) is 53.1 Å². The highest BCUT2D eigenvalue weighted by molar-refractivity contribution is 7.80. The molecule has 1 aromatic rings. The van der Waals surface area contributed by atoms with E-state index in [1.165, 1.54) is 6.92 Å². The summed E-state index contributed by atoms with van der Waals surface area (Å²) in [4.78, 5) is 12.8. The molecule has 0 fully saturated rings. The van der Waals surface area contributed by atoms with Crippen LogP contribution in [0.25, 0.3) is 0 Å². The van der Waals surface area contributed by atoms with Crippen molar-refractivity contribution in [2.24, 2.45) is 11.5 Å². The lowest BCUT2D eigenvalue weighted by atomic mass is 9.98. The van der Waals surface area contributed by atoms with Crippen LogP contribution in [0.4, 0.5) is 13.2 Å². The first kappa shape index (κ1) is 25.7. The first-order valence-electron chi connectivity index (χ1n) is 9.18. The average Bonchev–Trinajstić information content (AvgIpc) is 2.65. The predicted octanol–water partition coefficient (Wildman–Crippen LogP) is 2.28. The Bertz CT molecular complexity index is 997. The van der Waals surface area contributed by atoms with Crippen molar-refractivity contribution in [1.82, 2.24) is 5.32 Å². The topological polar surface area (TPSA) is 120 Å². The largest absolute Gasteiger partial charge is 0.525 e. The Labute approximate surface area is 193 Å². The molecule has 32 heavy (non-hydrogen) atoms. The van der Waals surface area contributed by atoms with Crippen molar-refractivity contribution in [2.45, 2.75) is 38.0 Å². The third kappa shape index (κ3) is 6.73. The number of thiocarbonyl (C=S) groups is 2. The minimum absolute atomic E-state index is 0.00502. The standard InChI is InChI=1S/C20H22F3N3O4S2/c1-11-3-4-13(15(24)31)9-14(11)29-10-18(2,17(25)32)26-16(27)12-5-7-19(28,8-6-12)30-20(21,22)23/h3-7,9,28H,8,10H2,1-2H3,(H2,24,31)(H2,25,32)(H,26,27). The molecule has 6 N–H and O–H groups in total. The highest BCUT2D eigenvalue weighted by atomic mass is 32.1. The van der Waals surface area contributed by atoms with Crippen LogP contribution in [0.5, 0.6) is 5.75 Å². The molecule has 12 heteroatoms. The fourth-order valence-corrected chi connectivity index (χ4v) is 2.92. The summed E-state index contributed by atoms with van der Waals surface area (Å²) in [6.45, 7) is 3.20. The molecule has 0 saturated heterocycles. The molecule has 2 atom stereocenters. The number of halogens is 3. The van der Waals surface area contributed by atoms with Gasteiger partial charge in [-0.3, -0.25) is 9.53 Å². The lowest BCUT2D eigenvalue weighted by Crippen LogP contribution is -2.58. The van der Waals surface area contributed by atoms with Gasteiger partial charge in [0.15, 0.2) is 5.79 Å². The monoisotopic (exact) mass is 489 g/mol. The summed E-state index contributed by atoms with van der Waals surface area (Å²) < 4.78 is 46.7. The quantitative estimate of drug-likeness (QED) is 0.324. The Morgan fingerprint density at radius 2 is 1.97 bits per heavy atom. The van der Waals surface area contributed by atoms with Gasteiger partial charge in [-0.1, -0.05) is 42.6 Å². The number of amides is 1. The van der Waals surface area contributed by atoms with E-state index >= 15 is 0 Å². The summed E-state index contributed by atoms with van der Waals surface area (Å²) in [5.41, 5.74) is 11.5. The minimum Gasteiger partial charge on any atom is -0.490 e. The second kappa shape index (κ2) is 9.53. The summed E-state index contributed by atoms with van der Waals surface area (Å²) in [5, 5.41) is 12.5. The maximum absolute atomic E-state index is 12.7. The number of alkyl halides is 3. The lowest BCUT2D eigenvalue weighted by molar-refractivity contribution is -0.395. The maximum atomic E-state index is 12.7. The van der Waals surface area contributed by atoms with Gasteiger partial charge in [-0.05, 0) is 37.6 Å². The third-order valence-electron chi connectivity index (χ3n) is 4.61. The van der Waals surface area contributed by atoms with Gasteiger partial charge < -0.3 is 26.6 Å². The average molecular weight is 490 g/mol. The number of hydrogen-bond acceptors (Lipinski definition) is 6. The molecule has 0 saturated carbocycles. The number of ether oxygens (including phenoxy) is 2. The second-order valence-corrected chi connectivity index (χ2v) is 8.25. The van der Waals surface area contributed by atoms with Gasteiger partial charge in [0.05, 0.1) is 0 Å². The molecule has 7 nitrogen and oxygen atoms in total. The summed E-state index contributed by atoms with van der Waals surface area (Å²) in [5.74, 6) is -2.81. The Kier molecular flexibility index (Phi) is 7.66. The summed E-state index contributed by atoms with van der Waals surface area (Å²) in [6.07, 6.45) is -2.76. The Hall–Kier alpha value is -2.54. The molecule has 0 heterocycles. The number of hydrogen-bond donors (Lipinski definition) is 4. The van der Waals surface area contributed by atoms with Crippen LogP contribution in [0.3, 0.4) is 0 Å². The van der Waals surface area contributed by atoms with Crippen LogP contribution < -0.4 is 21.5 Å². The number of aliphatic hydroxyl groups is 1. The molecule has 1 aliphatic carbocycles. The molecule has 2 unspecified atom stereocenters. The molecule has 1 aliphatic rings. The van der Waals surface area contributed by atoms with E-state index in [9.17, 15) is 23.1 Å². The Balaban J connectivity index is 2.12. The van der Waals surface area contributed by atoms with E-state index in [1.807, 2.05) is 0 Å². The highest BCUT2D eigenvalue weighted by Gasteiger charge is 2.42. The number of benzene rings is 1. The molecule has 2 rings (SSSR count). The van der Waals surface area contributed by atoms with Gasteiger partial charge >= 0.3 is 6.36 Å². The van der Waals surface area contributed by atoms with E-state index in [0.717, 1.165) is 23.8 Å². The third-order valence-corrected chi connectivity index (χ3v) is 5.30. The van der Waals surface area contributed by atoms with E-state index in [4.69, 9.17) is 40.6 Å². The molecule has 0 radical (unpaired) electrons. The van der Waals surface area contributed by atoms with Gasteiger partial charge in [-0.25, -0.2) is 0 Å². The molecular weight excluding hydrogens is 467 g/mol. The van der Waals surface area contributed by atoms with E-state index in [-0.39, 0.29) is 22.2 Å². The van der Waals surface area contributed by atoms with Gasteiger partial charge in [0.1, 0.15) is 27.9 Å². The first-order chi connectivity index (χ1) is 14.6. The smallest absolute Gasteiger partial charge is 0.490 e. The van der Waals surface area contributed by atoms with Gasteiger partial charge in [0.25, 0.3) is 5.91 Å². The zero-order valence-corrected chi connectivity index (χ0v) is 18.8. The van der Waals surface area contributed by atoms with E-state index in [0.29, 0.717) is 11.3 Å². The summed E-state index contributed by atoms with van der Waals surface area (Å²) in [6, 6.07) is 5.15. The molecule has 0 aromatic heterocycles. The molecule has 1 aromatic carbocycles. The van der Waals surface area contributed by atoms with Crippen LogP contribution in [-0.2, 0) is 9.53 Å². The molecular formula is C20H22F3N3O4S2. The van der Waals surface area contributed by atoms with Gasteiger partial charge in [0, 0.05) is 17.6 Å². The number of carbonyl (C=O) groups is 1. The fraction of sp³-hybridized carbons (Fsp3) is 0.350. The molecule has 1 amide bonds. The van der Waals surface area contributed by atoms with Crippen LogP contribution in [0.2, 0.25) is 0 Å². The fourth-order valence-electron chi connectivity index (χ4n) is 2.68. The molecule has 0 aliphatic heterocycles. The normalized spacial score (nSPS) is 20.1. The number of aryl methyl sites for hydroxylation is 1. The second-order valence-electron chi connectivity index (χ2n) is 7.37. The van der Waals surface area contributed by atoms with Gasteiger partial charge in [-0.2, -0.15) is 0 Å². The number of nitrogens with two attached hydrogens (primary N) is 2. The van der Waals surface area contributed by atoms with Gasteiger partial charge in [-0.15, -0.1) is 13.2 Å². The first-order valence-corrected chi connectivity index (χ1v) is 10.0. The van der Waals surface area contributed by atoms with Crippen molar-refractivity contribution < 1.29 is 32.5 Å². The zero-order chi connectivity index (χ0) is 24.3. The number of nitrogens with one attached hydrogen (secondary N) is 1. The van der Waals surface area contributed by atoms with Crippen LogP contribution in [0, 0.1) is 6.92 Å². The number of carbonyl (C=O) groups excluding carboxylic acids is 1.